The van der Waals surface area contributed by atoms with Crippen molar-refractivity contribution in [2.24, 2.45) is 0 Å². The number of carbonyl (C=O) groups is 1. The molecule has 0 aliphatic heterocycles. The number of carboxylic acid groups (broad SMARTS) is 1. The summed E-state index contributed by atoms with van der Waals surface area (Å²) in [7, 11) is 5.84. The van der Waals surface area contributed by atoms with Gasteiger partial charge in [0.1, 0.15) is 34.2 Å². The number of aromatic carboxylic acids is 1. The maximum Gasteiger partial charge on any atom is 0.336 e. The fourth-order valence-electron chi connectivity index (χ4n) is 3.73. The van der Waals surface area contributed by atoms with Crippen LogP contribution in [0.25, 0.3) is 17.2 Å². The van der Waals surface area contributed by atoms with Gasteiger partial charge in [0.15, 0.2) is 0 Å². The molecule has 1 atom stereocenters. The fourth-order valence-corrected chi connectivity index (χ4v) is 4.65. The van der Waals surface area contributed by atoms with Crippen molar-refractivity contribution < 1.29 is 38.3 Å². The van der Waals surface area contributed by atoms with E-state index in [0.29, 0.717) is 34.1 Å². The van der Waals surface area contributed by atoms with Crippen molar-refractivity contribution in [2.45, 2.75) is 5.75 Å². The number of nitro benzene ring substituents is 1. The van der Waals surface area contributed by atoms with Gasteiger partial charge in [-0.1, -0.05) is 18.2 Å². The molecule has 0 amide bonds. The Morgan fingerprint density at radius 3 is 2.11 bits per heavy atom. The zero-order chi connectivity index (χ0) is 27.1. The van der Waals surface area contributed by atoms with Gasteiger partial charge < -0.3 is 28.6 Å². The van der Waals surface area contributed by atoms with E-state index in [-0.39, 0.29) is 28.1 Å². The second kappa shape index (κ2) is 12.2. The first-order chi connectivity index (χ1) is 17.7. The van der Waals surface area contributed by atoms with Crippen LogP contribution in [0.5, 0.6) is 23.0 Å². The van der Waals surface area contributed by atoms with E-state index < -0.39 is 22.1 Å². The quantitative estimate of drug-likeness (QED) is 0.209. The average Bonchev–Trinajstić information content (AvgIpc) is 2.90. The van der Waals surface area contributed by atoms with Crippen LogP contribution in [0.1, 0.15) is 21.5 Å². The molecule has 11 heteroatoms. The maximum absolute atomic E-state index is 12.9. The molecule has 10 nitrogen and oxygen atoms in total. The van der Waals surface area contributed by atoms with E-state index in [1.165, 1.54) is 52.1 Å². The lowest BCUT2D eigenvalue weighted by atomic mass is 9.96. The highest BCUT2D eigenvalue weighted by molar-refractivity contribution is 7.93. The van der Waals surface area contributed by atoms with Crippen molar-refractivity contribution in [3.63, 3.8) is 0 Å². The lowest BCUT2D eigenvalue weighted by molar-refractivity contribution is -0.385. The van der Waals surface area contributed by atoms with E-state index in [4.69, 9.17) is 18.9 Å². The van der Waals surface area contributed by atoms with Crippen LogP contribution in [0, 0.1) is 10.1 Å². The van der Waals surface area contributed by atoms with Crippen LogP contribution in [0.3, 0.4) is 0 Å². The summed E-state index contributed by atoms with van der Waals surface area (Å²) >= 11 is -1.75. The molecule has 3 aromatic carbocycles. The molecular formula is C26H25NO9S. The smallest absolute Gasteiger partial charge is 0.336 e. The number of nitrogens with zero attached hydrogens (tertiary/aromatic N) is 1. The van der Waals surface area contributed by atoms with Gasteiger partial charge in [0.05, 0.1) is 50.1 Å². The van der Waals surface area contributed by atoms with Crippen LogP contribution in [0.2, 0.25) is 0 Å². The predicted octanol–water partition coefficient (Wildman–Crippen LogP) is 4.91. The number of carboxylic acids is 1. The predicted molar refractivity (Wildman–Crippen MR) is 139 cm³/mol. The van der Waals surface area contributed by atoms with Crippen molar-refractivity contribution in [1.82, 2.24) is 0 Å². The summed E-state index contributed by atoms with van der Waals surface area (Å²) in [6.07, 6.45) is 1.51. The van der Waals surface area contributed by atoms with E-state index in [9.17, 15) is 24.6 Å². The molecule has 1 N–H and O–H groups in total. The summed E-state index contributed by atoms with van der Waals surface area (Å²) in [4.78, 5) is 23.3. The van der Waals surface area contributed by atoms with Crippen molar-refractivity contribution in [3.8, 4) is 34.1 Å². The molecule has 0 heterocycles. The monoisotopic (exact) mass is 527 g/mol. The largest absolute Gasteiger partial charge is 0.612 e. The number of benzene rings is 3. The number of nitro groups is 1. The Kier molecular flexibility index (Phi) is 8.99. The minimum Gasteiger partial charge on any atom is -0.612 e. The fraction of sp³-hybridized carbons (Fsp3) is 0.192. The molecule has 0 fully saturated rings. The van der Waals surface area contributed by atoms with Gasteiger partial charge in [0.2, 0.25) is 0 Å². The van der Waals surface area contributed by atoms with E-state index >= 15 is 0 Å². The van der Waals surface area contributed by atoms with Crippen molar-refractivity contribution in [3.05, 3.63) is 80.7 Å². The lowest BCUT2D eigenvalue weighted by Crippen LogP contribution is -2.08. The zero-order valence-electron chi connectivity index (χ0n) is 20.5. The molecule has 0 saturated carbocycles. The second-order valence-electron chi connectivity index (χ2n) is 7.56. The normalized spacial score (nSPS) is 11.7. The van der Waals surface area contributed by atoms with Crippen molar-refractivity contribution >= 4 is 28.9 Å². The van der Waals surface area contributed by atoms with Crippen molar-refractivity contribution in [1.29, 1.82) is 0 Å². The Labute approximate surface area is 216 Å². The molecule has 0 radical (unpaired) electrons. The number of hydrogen-bond acceptors (Lipinski definition) is 8. The Balaban J connectivity index is 2.02. The van der Waals surface area contributed by atoms with Crippen LogP contribution in [0.4, 0.5) is 5.69 Å². The summed E-state index contributed by atoms with van der Waals surface area (Å²) in [6, 6.07) is 12.2. The molecule has 0 saturated heterocycles. The van der Waals surface area contributed by atoms with E-state index in [1.54, 1.807) is 36.4 Å². The topological polar surface area (TPSA) is 140 Å². The highest BCUT2D eigenvalue weighted by atomic mass is 32.2. The lowest BCUT2D eigenvalue weighted by Gasteiger charge is -2.14. The summed E-state index contributed by atoms with van der Waals surface area (Å²) < 4.78 is 34.2. The minimum absolute atomic E-state index is 0.0118. The molecule has 0 spiro atoms. The molecule has 194 valence electrons. The van der Waals surface area contributed by atoms with Crippen LogP contribution in [-0.2, 0) is 16.9 Å². The number of para-hydroxylation sites is 1. The molecule has 3 rings (SSSR count). The summed E-state index contributed by atoms with van der Waals surface area (Å²) in [5.41, 5.74) is 0.479. The number of ether oxygens (including phenoxy) is 4. The Bertz CT molecular complexity index is 1310. The van der Waals surface area contributed by atoms with E-state index in [0.717, 1.165) is 0 Å². The van der Waals surface area contributed by atoms with Crippen molar-refractivity contribution in [2.75, 3.05) is 28.4 Å². The molecule has 0 bridgehead atoms. The molecule has 0 aromatic heterocycles. The molecule has 1 unspecified atom stereocenters. The first kappa shape index (κ1) is 27.4. The van der Waals surface area contributed by atoms with Gasteiger partial charge in [-0.15, -0.1) is 0 Å². The third kappa shape index (κ3) is 6.13. The number of methoxy groups -OCH3 is 4. The Morgan fingerprint density at radius 2 is 1.57 bits per heavy atom. The Morgan fingerprint density at radius 1 is 0.946 bits per heavy atom. The van der Waals surface area contributed by atoms with Gasteiger partial charge in [-0.05, 0) is 23.3 Å². The van der Waals surface area contributed by atoms with Crippen LogP contribution >= 0.6 is 0 Å². The first-order valence-corrected chi connectivity index (χ1v) is 12.2. The van der Waals surface area contributed by atoms with E-state index in [1.807, 2.05) is 0 Å². The highest BCUT2D eigenvalue weighted by Crippen LogP contribution is 2.38. The molecule has 0 aliphatic rings. The van der Waals surface area contributed by atoms with Crippen LogP contribution in [-0.4, -0.2) is 49.0 Å². The van der Waals surface area contributed by atoms with Gasteiger partial charge in [-0.3, -0.25) is 10.1 Å². The molecule has 37 heavy (non-hydrogen) atoms. The average molecular weight is 528 g/mol. The van der Waals surface area contributed by atoms with Gasteiger partial charge in [0.25, 0.3) is 5.69 Å². The third-order valence-electron chi connectivity index (χ3n) is 5.48. The standard InChI is InChI=1S/C26H25NO9S/c1-33-17-12-24(35-3)19(25(13-17)36-4)9-10-37(32)15-16-11-21(26(28)29)20(14-22(16)27(30)31)18-7-5-6-8-23(18)34-2/h5-14H,15H2,1-4H3,(H,28,29)/b10-9+. The van der Waals surface area contributed by atoms with Crippen LogP contribution < -0.4 is 18.9 Å². The van der Waals surface area contributed by atoms with Gasteiger partial charge in [-0.25, -0.2) is 4.79 Å². The third-order valence-corrected chi connectivity index (χ3v) is 6.52. The minimum atomic E-state index is -1.75. The summed E-state index contributed by atoms with van der Waals surface area (Å²) in [5, 5.41) is 23.1. The van der Waals surface area contributed by atoms with E-state index in [2.05, 4.69) is 0 Å². The second-order valence-corrected chi connectivity index (χ2v) is 8.88. The van der Waals surface area contributed by atoms with Gasteiger partial charge in [-0.2, -0.15) is 0 Å². The molecular weight excluding hydrogens is 502 g/mol. The first-order valence-electron chi connectivity index (χ1n) is 10.8. The molecule has 3 aromatic rings. The summed E-state index contributed by atoms with van der Waals surface area (Å²) in [6.45, 7) is 0. The summed E-state index contributed by atoms with van der Waals surface area (Å²) in [5.74, 6) is 0.0977. The molecule has 0 aliphatic carbocycles. The van der Waals surface area contributed by atoms with Crippen LogP contribution in [0.15, 0.2) is 53.9 Å². The Hall–Kier alpha value is -4.22. The number of rotatable bonds is 11. The maximum atomic E-state index is 12.9. The highest BCUT2D eigenvalue weighted by Gasteiger charge is 2.26. The van der Waals surface area contributed by atoms with Gasteiger partial charge in [0, 0.05) is 35.4 Å². The van der Waals surface area contributed by atoms with Gasteiger partial charge >= 0.3 is 5.97 Å². The number of hydrogen-bond donors (Lipinski definition) is 1. The zero-order valence-corrected chi connectivity index (χ0v) is 21.4. The SMILES string of the molecule is COc1cc(OC)c(/C=C/[S+]([O-])Cc2cc(C(=O)O)c(-c3ccccc3OC)cc2[N+](=O)[O-])c(OC)c1.